The Labute approximate surface area is 122 Å². The first kappa shape index (κ1) is 14.8. The number of nitrogens with two attached hydrogens (primary N) is 1. The summed E-state index contributed by atoms with van der Waals surface area (Å²) >= 11 is 3.27. The number of halogens is 1. The molecule has 1 aromatic rings. The SMILES string of the molecule is CC1(CNS(=O)(=O)c2cc(Br)ccc2N)CCCC1. The smallest absolute Gasteiger partial charge is 0.242 e. The molecule has 0 heterocycles. The van der Waals surface area contributed by atoms with Crippen molar-refractivity contribution in [1.82, 2.24) is 4.72 Å². The number of hydrogen-bond donors (Lipinski definition) is 2. The van der Waals surface area contributed by atoms with Crippen LogP contribution in [0.5, 0.6) is 0 Å². The lowest BCUT2D eigenvalue weighted by molar-refractivity contribution is 0.336. The highest BCUT2D eigenvalue weighted by molar-refractivity contribution is 9.10. The maximum Gasteiger partial charge on any atom is 0.242 e. The van der Waals surface area contributed by atoms with Crippen molar-refractivity contribution in [2.45, 2.75) is 37.5 Å². The van der Waals surface area contributed by atoms with Gasteiger partial charge in [0.25, 0.3) is 0 Å². The predicted octanol–water partition coefficient (Wildman–Crippen LogP) is 2.89. The molecule has 1 aliphatic carbocycles. The number of rotatable bonds is 4. The molecule has 0 saturated heterocycles. The van der Waals surface area contributed by atoms with Gasteiger partial charge in [0, 0.05) is 11.0 Å². The van der Waals surface area contributed by atoms with Gasteiger partial charge in [-0.25, -0.2) is 13.1 Å². The van der Waals surface area contributed by atoms with Crippen LogP contribution in [-0.4, -0.2) is 15.0 Å². The van der Waals surface area contributed by atoms with Crippen molar-refractivity contribution < 1.29 is 8.42 Å². The summed E-state index contributed by atoms with van der Waals surface area (Å²) in [5.74, 6) is 0. The Kier molecular flexibility index (Phi) is 4.23. The quantitative estimate of drug-likeness (QED) is 0.823. The van der Waals surface area contributed by atoms with E-state index in [4.69, 9.17) is 5.73 Å². The highest BCUT2D eigenvalue weighted by Crippen LogP contribution is 2.37. The fourth-order valence-corrected chi connectivity index (χ4v) is 4.36. The topological polar surface area (TPSA) is 72.2 Å². The zero-order chi connectivity index (χ0) is 14.1. The molecule has 1 saturated carbocycles. The molecule has 0 aromatic heterocycles. The molecule has 0 aliphatic heterocycles. The van der Waals surface area contributed by atoms with Crippen LogP contribution in [0, 0.1) is 5.41 Å². The first-order chi connectivity index (χ1) is 8.82. The van der Waals surface area contributed by atoms with Crippen LogP contribution in [0.25, 0.3) is 0 Å². The van der Waals surface area contributed by atoms with Crippen LogP contribution >= 0.6 is 15.9 Å². The van der Waals surface area contributed by atoms with Crippen LogP contribution < -0.4 is 10.5 Å². The first-order valence-electron chi connectivity index (χ1n) is 6.37. The van der Waals surface area contributed by atoms with E-state index in [9.17, 15) is 8.42 Å². The minimum Gasteiger partial charge on any atom is -0.398 e. The van der Waals surface area contributed by atoms with Crippen molar-refractivity contribution in [1.29, 1.82) is 0 Å². The van der Waals surface area contributed by atoms with E-state index in [2.05, 4.69) is 27.6 Å². The van der Waals surface area contributed by atoms with E-state index >= 15 is 0 Å². The van der Waals surface area contributed by atoms with E-state index in [1.54, 1.807) is 12.1 Å². The highest BCUT2D eigenvalue weighted by Gasteiger charge is 2.30. The number of sulfonamides is 1. The van der Waals surface area contributed by atoms with Crippen LogP contribution in [0.1, 0.15) is 32.6 Å². The summed E-state index contributed by atoms with van der Waals surface area (Å²) in [6, 6.07) is 4.86. The molecule has 0 amide bonds. The predicted molar refractivity (Wildman–Crippen MR) is 80.3 cm³/mol. The molecule has 0 spiro atoms. The normalized spacial score (nSPS) is 18.6. The molecule has 1 aliphatic rings. The zero-order valence-electron chi connectivity index (χ0n) is 10.9. The van der Waals surface area contributed by atoms with Gasteiger partial charge in [0.2, 0.25) is 10.0 Å². The first-order valence-corrected chi connectivity index (χ1v) is 8.65. The molecule has 2 rings (SSSR count). The molecule has 3 N–H and O–H groups in total. The number of nitrogens with one attached hydrogen (secondary N) is 1. The maximum atomic E-state index is 12.3. The van der Waals surface area contributed by atoms with Crippen molar-refractivity contribution in [2.24, 2.45) is 5.41 Å². The van der Waals surface area contributed by atoms with Crippen molar-refractivity contribution in [3.8, 4) is 0 Å². The van der Waals surface area contributed by atoms with Gasteiger partial charge in [0.1, 0.15) is 4.90 Å². The van der Waals surface area contributed by atoms with Gasteiger partial charge >= 0.3 is 0 Å². The zero-order valence-corrected chi connectivity index (χ0v) is 13.4. The van der Waals surface area contributed by atoms with Gasteiger partial charge in [-0.15, -0.1) is 0 Å². The summed E-state index contributed by atoms with van der Waals surface area (Å²) in [5.41, 5.74) is 6.10. The van der Waals surface area contributed by atoms with Crippen LogP contribution in [0.3, 0.4) is 0 Å². The maximum absolute atomic E-state index is 12.3. The molecule has 106 valence electrons. The van der Waals surface area contributed by atoms with Crippen molar-refractivity contribution in [3.63, 3.8) is 0 Å². The molecule has 1 fully saturated rings. The fraction of sp³-hybridized carbons (Fsp3) is 0.538. The van der Waals surface area contributed by atoms with E-state index in [0.29, 0.717) is 11.0 Å². The van der Waals surface area contributed by atoms with Crippen molar-refractivity contribution >= 4 is 31.6 Å². The average Bonchev–Trinajstić information content (AvgIpc) is 2.78. The Balaban J connectivity index is 2.16. The fourth-order valence-electron chi connectivity index (χ4n) is 2.49. The van der Waals surface area contributed by atoms with E-state index in [1.807, 2.05) is 0 Å². The Hall–Kier alpha value is -0.590. The van der Waals surface area contributed by atoms with Crippen LogP contribution in [0.15, 0.2) is 27.6 Å². The number of nitrogen functional groups attached to an aromatic ring is 1. The molecule has 0 radical (unpaired) electrons. The van der Waals surface area contributed by atoms with Gasteiger partial charge in [-0.1, -0.05) is 35.7 Å². The molecule has 6 heteroatoms. The largest absolute Gasteiger partial charge is 0.398 e. The summed E-state index contributed by atoms with van der Waals surface area (Å²) in [6.07, 6.45) is 4.50. The second-order valence-electron chi connectivity index (χ2n) is 5.52. The van der Waals surface area contributed by atoms with Crippen molar-refractivity contribution in [3.05, 3.63) is 22.7 Å². The van der Waals surface area contributed by atoms with Crippen LogP contribution in [0.2, 0.25) is 0 Å². The standard InChI is InChI=1S/C13H19BrN2O2S/c1-13(6-2-3-7-13)9-16-19(17,18)12-8-10(14)4-5-11(12)15/h4-5,8,16H,2-3,6-7,9,15H2,1H3. The van der Waals surface area contributed by atoms with E-state index in [0.717, 1.165) is 12.8 Å². The van der Waals surface area contributed by atoms with E-state index < -0.39 is 10.0 Å². The summed E-state index contributed by atoms with van der Waals surface area (Å²) in [6.45, 7) is 2.61. The lowest BCUT2D eigenvalue weighted by Gasteiger charge is -2.23. The second-order valence-corrected chi connectivity index (χ2v) is 8.18. The molecule has 0 unspecified atom stereocenters. The van der Waals surface area contributed by atoms with Gasteiger partial charge in [-0.2, -0.15) is 0 Å². The molecule has 19 heavy (non-hydrogen) atoms. The third kappa shape index (κ3) is 3.49. The van der Waals surface area contributed by atoms with E-state index in [-0.39, 0.29) is 16.0 Å². The number of anilines is 1. The van der Waals surface area contributed by atoms with Crippen LogP contribution in [-0.2, 0) is 10.0 Å². The van der Waals surface area contributed by atoms with Gasteiger partial charge in [-0.3, -0.25) is 0 Å². The Bertz CT molecular complexity index is 566. The monoisotopic (exact) mass is 346 g/mol. The van der Waals surface area contributed by atoms with Gasteiger partial charge in [0.05, 0.1) is 5.69 Å². The third-order valence-corrected chi connectivity index (χ3v) is 5.71. The molecular weight excluding hydrogens is 328 g/mol. The molecule has 0 bridgehead atoms. The van der Waals surface area contributed by atoms with E-state index in [1.165, 1.54) is 18.9 Å². The van der Waals surface area contributed by atoms with Gasteiger partial charge in [0.15, 0.2) is 0 Å². The summed E-state index contributed by atoms with van der Waals surface area (Å²) in [5, 5.41) is 0. The third-order valence-electron chi connectivity index (χ3n) is 3.76. The molecule has 4 nitrogen and oxygen atoms in total. The molecular formula is C13H19BrN2O2S. The minimum atomic E-state index is -3.54. The van der Waals surface area contributed by atoms with Crippen molar-refractivity contribution in [2.75, 3.05) is 12.3 Å². The lowest BCUT2D eigenvalue weighted by atomic mass is 9.89. The molecule has 1 aromatic carbocycles. The Morgan fingerprint density at radius 3 is 2.63 bits per heavy atom. The summed E-state index contributed by atoms with van der Waals surface area (Å²) in [7, 11) is -3.54. The Morgan fingerprint density at radius 1 is 1.37 bits per heavy atom. The lowest BCUT2D eigenvalue weighted by Crippen LogP contribution is -2.34. The van der Waals surface area contributed by atoms with Crippen LogP contribution in [0.4, 0.5) is 5.69 Å². The highest BCUT2D eigenvalue weighted by atomic mass is 79.9. The summed E-state index contributed by atoms with van der Waals surface area (Å²) < 4.78 is 28.0. The van der Waals surface area contributed by atoms with Gasteiger partial charge in [-0.05, 0) is 36.5 Å². The minimum absolute atomic E-state index is 0.0772. The summed E-state index contributed by atoms with van der Waals surface area (Å²) in [4.78, 5) is 0.142. The second kappa shape index (κ2) is 5.42. The molecule has 0 atom stereocenters. The average molecular weight is 347 g/mol. The van der Waals surface area contributed by atoms with Gasteiger partial charge < -0.3 is 5.73 Å². The number of hydrogen-bond acceptors (Lipinski definition) is 3. The number of benzene rings is 1. The Morgan fingerprint density at radius 2 is 2.00 bits per heavy atom.